The quantitative estimate of drug-likeness (QED) is 0.735. The molecule has 1 aliphatic rings. The molecule has 4 heteroatoms. The number of aliphatic hydroxyl groups is 1. The summed E-state index contributed by atoms with van der Waals surface area (Å²) in [7, 11) is 1.72. The molecule has 0 amide bonds. The van der Waals surface area contributed by atoms with E-state index in [0.29, 0.717) is 5.25 Å². The van der Waals surface area contributed by atoms with Crippen LogP contribution in [-0.2, 0) is 12.3 Å². The highest BCUT2D eigenvalue weighted by molar-refractivity contribution is 7.99. The average molecular weight is 295 g/mol. The van der Waals surface area contributed by atoms with Crippen LogP contribution >= 0.6 is 11.8 Å². The van der Waals surface area contributed by atoms with Gasteiger partial charge in [-0.1, -0.05) is 13.0 Å². The molecule has 0 aliphatic heterocycles. The SMILES string of the molecule is COc1ccc(CNC2CC2)cc1CSC(C)CCO. The van der Waals surface area contributed by atoms with E-state index in [0.717, 1.165) is 30.5 Å². The van der Waals surface area contributed by atoms with E-state index in [4.69, 9.17) is 9.84 Å². The number of ether oxygens (including phenoxy) is 1. The smallest absolute Gasteiger partial charge is 0.122 e. The van der Waals surface area contributed by atoms with Gasteiger partial charge in [0.05, 0.1) is 7.11 Å². The Morgan fingerprint density at radius 1 is 1.45 bits per heavy atom. The third-order valence-electron chi connectivity index (χ3n) is 3.58. The molecule has 0 heterocycles. The van der Waals surface area contributed by atoms with E-state index < -0.39 is 0 Å². The minimum atomic E-state index is 0.261. The molecule has 3 nitrogen and oxygen atoms in total. The van der Waals surface area contributed by atoms with Crippen molar-refractivity contribution in [1.82, 2.24) is 5.32 Å². The zero-order chi connectivity index (χ0) is 14.4. The summed E-state index contributed by atoms with van der Waals surface area (Å²) in [6.07, 6.45) is 3.48. The molecule has 20 heavy (non-hydrogen) atoms. The van der Waals surface area contributed by atoms with E-state index in [2.05, 4.69) is 30.4 Å². The fourth-order valence-electron chi connectivity index (χ4n) is 2.10. The van der Waals surface area contributed by atoms with E-state index >= 15 is 0 Å². The van der Waals surface area contributed by atoms with Gasteiger partial charge in [0.15, 0.2) is 0 Å². The van der Waals surface area contributed by atoms with Gasteiger partial charge in [0, 0.05) is 35.8 Å². The molecule has 1 atom stereocenters. The summed E-state index contributed by atoms with van der Waals surface area (Å²) in [6.45, 7) is 3.36. The molecular weight excluding hydrogens is 270 g/mol. The van der Waals surface area contributed by atoms with Gasteiger partial charge >= 0.3 is 0 Å². The van der Waals surface area contributed by atoms with Crippen LogP contribution in [0.25, 0.3) is 0 Å². The standard InChI is InChI=1S/C16H25NO2S/c1-12(7-8-18)20-11-14-9-13(3-6-16(14)19-2)10-17-15-4-5-15/h3,6,9,12,15,17-18H,4-5,7-8,10-11H2,1-2H3. The second-order valence-electron chi connectivity index (χ2n) is 5.44. The maximum atomic E-state index is 8.96. The molecule has 0 saturated heterocycles. The molecular formula is C16H25NO2S. The number of thioether (sulfide) groups is 1. The first kappa shape index (κ1) is 15.7. The molecule has 1 fully saturated rings. The number of hydrogen-bond acceptors (Lipinski definition) is 4. The van der Waals surface area contributed by atoms with Gasteiger partial charge in [-0.3, -0.25) is 0 Å². The van der Waals surface area contributed by atoms with Crippen LogP contribution in [0.5, 0.6) is 5.75 Å². The van der Waals surface area contributed by atoms with E-state index in [1.807, 2.05) is 11.8 Å². The van der Waals surface area contributed by atoms with E-state index in [9.17, 15) is 0 Å². The molecule has 2 rings (SSSR count). The van der Waals surface area contributed by atoms with Crippen LogP contribution in [0.1, 0.15) is 37.3 Å². The Kier molecular flexibility index (Phi) is 6.20. The lowest BCUT2D eigenvalue weighted by Gasteiger charge is -2.14. The molecule has 0 bridgehead atoms. The number of nitrogens with one attached hydrogen (secondary N) is 1. The Labute approximate surface area is 126 Å². The lowest BCUT2D eigenvalue weighted by atomic mass is 10.1. The highest BCUT2D eigenvalue weighted by atomic mass is 32.2. The molecule has 1 aliphatic carbocycles. The van der Waals surface area contributed by atoms with Crippen LogP contribution < -0.4 is 10.1 Å². The predicted molar refractivity (Wildman–Crippen MR) is 85.3 cm³/mol. The second kappa shape index (κ2) is 7.91. The number of methoxy groups -OCH3 is 1. The first-order valence-corrected chi connectivity index (χ1v) is 8.39. The molecule has 1 saturated carbocycles. The summed E-state index contributed by atoms with van der Waals surface area (Å²) < 4.78 is 5.45. The fraction of sp³-hybridized carbons (Fsp3) is 0.625. The minimum absolute atomic E-state index is 0.261. The van der Waals surface area contributed by atoms with E-state index in [1.165, 1.54) is 24.0 Å². The monoisotopic (exact) mass is 295 g/mol. The number of benzene rings is 1. The summed E-state index contributed by atoms with van der Waals surface area (Å²) in [5.74, 6) is 1.89. The van der Waals surface area contributed by atoms with Crippen molar-refractivity contribution in [3.63, 3.8) is 0 Å². The zero-order valence-electron chi connectivity index (χ0n) is 12.4. The first-order valence-electron chi connectivity index (χ1n) is 7.34. The molecule has 1 unspecified atom stereocenters. The summed E-state index contributed by atoms with van der Waals surface area (Å²) in [5, 5.41) is 13.0. The Balaban J connectivity index is 1.93. The van der Waals surface area contributed by atoms with Gasteiger partial charge in [0.2, 0.25) is 0 Å². The van der Waals surface area contributed by atoms with Crippen LogP contribution in [0.4, 0.5) is 0 Å². The van der Waals surface area contributed by atoms with Crippen molar-refractivity contribution in [2.75, 3.05) is 13.7 Å². The Hall–Kier alpha value is -0.710. The fourth-order valence-corrected chi connectivity index (χ4v) is 3.06. The summed E-state index contributed by atoms with van der Waals surface area (Å²) in [4.78, 5) is 0. The van der Waals surface area contributed by atoms with Gasteiger partial charge in [-0.25, -0.2) is 0 Å². The molecule has 112 valence electrons. The van der Waals surface area contributed by atoms with Crippen LogP contribution in [-0.4, -0.2) is 30.1 Å². The highest BCUT2D eigenvalue weighted by Gasteiger charge is 2.20. The second-order valence-corrected chi connectivity index (χ2v) is 6.86. The van der Waals surface area contributed by atoms with E-state index in [-0.39, 0.29) is 6.61 Å². The molecule has 0 spiro atoms. The summed E-state index contributed by atoms with van der Waals surface area (Å²) in [5.41, 5.74) is 2.57. The number of hydrogen-bond donors (Lipinski definition) is 2. The first-order chi connectivity index (χ1) is 9.72. The van der Waals surface area contributed by atoms with Gasteiger partial charge in [0.25, 0.3) is 0 Å². The van der Waals surface area contributed by atoms with Crippen molar-refractivity contribution in [1.29, 1.82) is 0 Å². The van der Waals surface area contributed by atoms with Crippen molar-refractivity contribution < 1.29 is 9.84 Å². The van der Waals surface area contributed by atoms with Gasteiger partial charge in [-0.15, -0.1) is 0 Å². The van der Waals surface area contributed by atoms with Crippen molar-refractivity contribution in [3.8, 4) is 5.75 Å². The van der Waals surface area contributed by atoms with E-state index in [1.54, 1.807) is 7.11 Å². The minimum Gasteiger partial charge on any atom is -0.496 e. The van der Waals surface area contributed by atoms with Crippen molar-refractivity contribution in [3.05, 3.63) is 29.3 Å². The van der Waals surface area contributed by atoms with Gasteiger partial charge < -0.3 is 15.2 Å². The molecule has 1 aromatic carbocycles. The van der Waals surface area contributed by atoms with Crippen molar-refractivity contribution in [2.24, 2.45) is 0 Å². The number of rotatable bonds is 9. The molecule has 1 aromatic rings. The largest absolute Gasteiger partial charge is 0.496 e. The van der Waals surface area contributed by atoms with Crippen LogP contribution in [0.2, 0.25) is 0 Å². The third kappa shape index (κ3) is 5.00. The maximum absolute atomic E-state index is 8.96. The average Bonchev–Trinajstić information content (AvgIpc) is 3.27. The molecule has 2 N–H and O–H groups in total. The Morgan fingerprint density at radius 3 is 2.90 bits per heavy atom. The van der Waals surface area contributed by atoms with Crippen LogP contribution in [0.15, 0.2) is 18.2 Å². The molecule has 0 radical (unpaired) electrons. The van der Waals surface area contributed by atoms with Gasteiger partial charge in [-0.2, -0.15) is 11.8 Å². The van der Waals surface area contributed by atoms with Crippen molar-refractivity contribution in [2.45, 2.75) is 49.8 Å². The normalized spacial score (nSPS) is 16.1. The predicted octanol–water partition coefficient (Wildman–Crippen LogP) is 2.95. The van der Waals surface area contributed by atoms with Gasteiger partial charge in [-0.05, 0) is 37.0 Å². The molecule has 0 aromatic heterocycles. The highest BCUT2D eigenvalue weighted by Crippen LogP contribution is 2.28. The number of aliphatic hydroxyl groups excluding tert-OH is 1. The van der Waals surface area contributed by atoms with Crippen LogP contribution in [0, 0.1) is 0 Å². The summed E-state index contributed by atoms with van der Waals surface area (Å²) in [6, 6.07) is 7.18. The lowest BCUT2D eigenvalue weighted by molar-refractivity contribution is 0.289. The van der Waals surface area contributed by atoms with Crippen molar-refractivity contribution >= 4 is 11.8 Å². The van der Waals surface area contributed by atoms with Gasteiger partial charge in [0.1, 0.15) is 5.75 Å². The van der Waals surface area contributed by atoms with Crippen LogP contribution in [0.3, 0.4) is 0 Å². The zero-order valence-corrected chi connectivity index (χ0v) is 13.2. The topological polar surface area (TPSA) is 41.5 Å². The summed E-state index contributed by atoms with van der Waals surface area (Å²) >= 11 is 1.87. The Morgan fingerprint density at radius 2 is 2.25 bits per heavy atom. The maximum Gasteiger partial charge on any atom is 0.122 e. The Bertz CT molecular complexity index is 421. The lowest BCUT2D eigenvalue weighted by Crippen LogP contribution is -2.15. The third-order valence-corrected chi connectivity index (χ3v) is 4.86.